The first kappa shape index (κ1) is 12.5. The van der Waals surface area contributed by atoms with Crippen molar-refractivity contribution in [1.29, 1.82) is 0 Å². The Morgan fingerprint density at radius 1 is 1.14 bits per heavy atom. The zero-order valence-electron chi connectivity index (χ0n) is 12.4. The Hall–Kier alpha value is -2.29. The lowest BCUT2D eigenvalue weighted by Crippen LogP contribution is -2.25. The lowest BCUT2D eigenvalue weighted by atomic mass is 9.99. The lowest BCUT2D eigenvalue weighted by molar-refractivity contribution is 0.523. The van der Waals surface area contributed by atoms with Crippen LogP contribution in [0, 0.1) is 13.8 Å². The molecule has 2 heterocycles. The Bertz CT molecular complexity index is 816. The molecule has 1 N–H and O–H groups in total. The van der Waals surface area contributed by atoms with Gasteiger partial charge >= 0.3 is 0 Å². The first-order valence-corrected chi connectivity index (χ1v) is 7.48. The molecule has 1 aromatic heterocycles. The second kappa shape index (κ2) is 4.62. The number of fused-ring (bicyclic) bond motifs is 2. The minimum absolute atomic E-state index is 0.423. The molecule has 0 spiro atoms. The van der Waals surface area contributed by atoms with E-state index in [9.17, 15) is 0 Å². The molecule has 4 rings (SSSR count). The van der Waals surface area contributed by atoms with E-state index < -0.39 is 0 Å². The fraction of sp³-hybridized carbons (Fsp3) is 0.278. The maximum absolute atomic E-state index is 4.59. The van der Waals surface area contributed by atoms with Crippen LogP contribution in [0.2, 0.25) is 0 Å². The van der Waals surface area contributed by atoms with Gasteiger partial charge in [-0.05, 0) is 55.2 Å². The molecule has 3 heteroatoms. The summed E-state index contributed by atoms with van der Waals surface area (Å²) >= 11 is 0. The summed E-state index contributed by atoms with van der Waals surface area (Å²) in [6.45, 7) is 5.27. The summed E-state index contributed by atoms with van der Waals surface area (Å²) in [6.07, 6.45) is 3.05. The Labute approximate surface area is 124 Å². The quantitative estimate of drug-likeness (QED) is 0.732. The van der Waals surface area contributed by atoms with Gasteiger partial charge in [-0.2, -0.15) is 0 Å². The SMILES string of the molecule is Cc1cc2ncn(C3CNc4ccccc4C3)c2cc1C. The monoisotopic (exact) mass is 277 g/mol. The van der Waals surface area contributed by atoms with Crippen LogP contribution >= 0.6 is 0 Å². The van der Waals surface area contributed by atoms with Crippen molar-refractivity contribution in [3.05, 3.63) is 59.4 Å². The molecule has 0 aliphatic carbocycles. The fourth-order valence-corrected chi connectivity index (χ4v) is 3.19. The molecule has 3 aromatic rings. The van der Waals surface area contributed by atoms with Gasteiger partial charge in [-0.3, -0.25) is 0 Å². The molecule has 1 atom stereocenters. The fourth-order valence-electron chi connectivity index (χ4n) is 3.19. The Balaban J connectivity index is 1.76. The Morgan fingerprint density at radius 3 is 2.86 bits per heavy atom. The highest BCUT2D eigenvalue weighted by atomic mass is 15.1. The van der Waals surface area contributed by atoms with E-state index >= 15 is 0 Å². The number of aryl methyl sites for hydroxylation is 2. The van der Waals surface area contributed by atoms with Crippen molar-refractivity contribution in [2.75, 3.05) is 11.9 Å². The summed E-state index contributed by atoms with van der Waals surface area (Å²) in [5, 5.41) is 3.54. The molecule has 1 unspecified atom stereocenters. The molecule has 1 aliphatic rings. The zero-order valence-corrected chi connectivity index (χ0v) is 12.4. The number of hydrogen-bond donors (Lipinski definition) is 1. The van der Waals surface area contributed by atoms with Crippen LogP contribution in [0.15, 0.2) is 42.7 Å². The van der Waals surface area contributed by atoms with Gasteiger partial charge in [-0.25, -0.2) is 4.98 Å². The first-order valence-electron chi connectivity index (χ1n) is 7.48. The summed E-state index contributed by atoms with van der Waals surface area (Å²) in [4.78, 5) is 4.59. The smallest absolute Gasteiger partial charge is 0.0961 e. The molecule has 1 aliphatic heterocycles. The van der Waals surface area contributed by atoms with Crippen LogP contribution in [0.4, 0.5) is 5.69 Å². The van der Waals surface area contributed by atoms with Crippen molar-refractivity contribution in [2.45, 2.75) is 26.3 Å². The minimum Gasteiger partial charge on any atom is -0.383 e. The van der Waals surface area contributed by atoms with Gasteiger partial charge in [0.05, 0.1) is 23.4 Å². The minimum atomic E-state index is 0.423. The highest BCUT2D eigenvalue weighted by Gasteiger charge is 2.20. The van der Waals surface area contributed by atoms with Crippen LogP contribution in [0.5, 0.6) is 0 Å². The largest absolute Gasteiger partial charge is 0.383 e. The third-order valence-corrected chi connectivity index (χ3v) is 4.58. The Morgan fingerprint density at radius 2 is 1.95 bits per heavy atom. The average Bonchev–Trinajstić information content (AvgIpc) is 2.90. The summed E-state index contributed by atoms with van der Waals surface area (Å²) in [6, 6.07) is 13.4. The molecule has 21 heavy (non-hydrogen) atoms. The molecule has 0 saturated carbocycles. The van der Waals surface area contributed by atoms with Gasteiger partial charge in [-0.15, -0.1) is 0 Å². The number of anilines is 1. The molecule has 3 nitrogen and oxygen atoms in total. The van der Waals surface area contributed by atoms with Crippen LogP contribution in [0.1, 0.15) is 22.7 Å². The van der Waals surface area contributed by atoms with E-state index in [0.717, 1.165) is 18.5 Å². The number of nitrogens with zero attached hydrogens (tertiary/aromatic N) is 2. The van der Waals surface area contributed by atoms with Gasteiger partial charge in [-0.1, -0.05) is 18.2 Å². The summed E-state index contributed by atoms with van der Waals surface area (Å²) in [5.74, 6) is 0. The molecular formula is C18H19N3. The standard InChI is InChI=1S/C18H19N3/c1-12-7-17-18(8-13(12)2)21(11-20-17)15-9-14-5-3-4-6-16(14)19-10-15/h3-8,11,15,19H,9-10H2,1-2H3. The Kier molecular flexibility index (Phi) is 2.74. The van der Waals surface area contributed by atoms with Crippen molar-refractivity contribution in [3.8, 4) is 0 Å². The van der Waals surface area contributed by atoms with Gasteiger partial charge in [0.1, 0.15) is 0 Å². The van der Waals surface area contributed by atoms with E-state index in [1.807, 2.05) is 6.33 Å². The molecule has 106 valence electrons. The highest BCUT2D eigenvalue weighted by molar-refractivity contribution is 5.77. The number of aromatic nitrogens is 2. The topological polar surface area (TPSA) is 29.9 Å². The highest BCUT2D eigenvalue weighted by Crippen LogP contribution is 2.29. The third kappa shape index (κ3) is 2.00. The van der Waals surface area contributed by atoms with Crippen LogP contribution < -0.4 is 5.32 Å². The van der Waals surface area contributed by atoms with Crippen molar-refractivity contribution in [3.63, 3.8) is 0 Å². The van der Waals surface area contributed by atoms with Gasteiger partial charge < -0.3 is 9.88 Å². The molecule has 0 bridgehead atoms. The maximum atomic E-state index is 4.59. The van der Waals surface area contributed by atoms with Crippen LogP contribution in [-0.4, -0.2) is 16.1 Å². The second-order valence-corrected chi connectivity index (χ2v) is 5.97. The molecule has 0 saturated heterocycles. The lowest BCUT2D eigenvalue weighted by Gasteiger charge is -2.27. The van der Waals surface area contributed by atoms with E-state index in [2.05, 4.69) is 65.1 Å². The third-order valence-electron chi connectivity index (χ3n) is 4.58. The van der Waals surface area contributed by atoms with Crippen LogP contribution in [-0.2, 0) is 6.42 Å². The van der Waals surface area contributed by atoms with Gasteiger partial charge in [0.2, 0.25) is 0 Å². The number of rotatable bonds is 1. The van der Waals surface area contributed by atoms with Gasteiger partial charge in [0.15, 0.2) is 0 Å². The summed E-state index contributed by atoms with van der Waals surface area (Å²) < 4.78 is 2.32. The zero-order chi connectivity index (χ0) is 14.4. The normalized spacial score (nSPS) is 17.5. The average molecular weight is 277 g/mol. The van der Waals surface area contributed by atoms with Crippen molar-refractivity contribution in [1.82, 2.24) is 9.55 Å². The maximum Gasteiger partial charge on any atom is 0.0961 e. The summed E-state index contributed by atoms with van der Waals surface area (Å²) in [7, 11) is 0. The van der Waals surface area contributed by atoms with Crippen molar-refractivity contribution < 1.29 is 0 Å². The number of para-hydroxylation sites is 1. The number of benzene rings is 2. The molecule has 0 radical (unpaired) electrons. The van der Waals surface area contributed by atoms with Crippen molar-refractivity contribution in [2.24, 2.45) is 0 Å². The molecule has 2 aromatic carbocycles. The molecular weight excluding hydrogens is 258 g/mol. The van der Waals surface area contributed by atoms with Crippen LogP contribution in [0.25, 0.3) is 11.0 Å². The van der Waals surface area contributed by atoms with E-state index in [1.165, 1.54) is 27.9 Å². The van der Waals surface area contributed by atoms with E-state index in [-0.39, 0.29) is 0 Å². The molecule has 0 amide bonds. The summed E-state index contributed by atoms with van der Waals surface area (Å²) in [5.41, 5.74) is 7.62. The van der Waals surface area contributed by atoms with Gasteiger partial charge in [0, 0.05) is 12.2 Å². The number of hydrogen-bond acceptors (Lipinski definition) is 2. The van der Waals surface area contributed by atoms with Crippen LogP contribution in [0.3, 0.4) is 0 Å². The van der Waals surface area contributed by atoms with E-state index in [4.69, 9.17) is 0 Å². The van der Waals surface area contributed by atoms with E-state index in [1.54, 1.807) is 0 Å². The van der Waals surface area contributed by atoms with Gasteiger partial charge in [0.25, 0.3) is 0 Å². The van der Waals surface area contributed by atoms with E-state index in [0.29, 0.717) is 6.04 Å². The predicted molar refractivity (Wildman–Crippen MR) is 86.9 cm³/mol. The number of nitrogens with one attached hydrogen (secondary N) is 1. The van der Waals surface area contributed by atoms with Crippen molar-refractivity contribution >= 4 is 16.7 Å². The first-order chi connectivity index (χ1) is 10.2. The number of imidazole rings is 1. The second-order valence-electron chi connectivity index (χ2n) is 5.97. The molecule has 0 fully saturated rings. The predicted octanol–water partition coefficient (Wildman–Crippen LogP) is 3.86.